The molecule has 1 heterocycles. The van der Waals surface area contributed by atoms with E-state index >= 15 is 0 Å². The molecule has 0 N–H and O–H groups in total. The molecular weight excluding hydrogens is 246 g/mol. The summed E-state index contributed by atoms with van der Waals surface area (Å²) in [5, 5.41) is 0.600. The van der Waals surface area contributed by atoms with Crippen LogP contribution in [0.4, 0.5) is 5.82 Å². The van der Waals surface area contributed by atoms with Gasteiger partial charge in [0.05, 0.1) is 0 Å². The van der Waals surface area contributed by atoms with Crippen molar-refractivity contribution in [2.75, 3.05) is 11.9 Å². The smallest absolute Gasteiger partial charge is 0.137 e. The van der Waals surface area contributed by atoms with Crippen LogP contribution < -0.4 is 4.90 Å². The summed E-state index contributed by atoms with van der Waals surface area (Å²) in [6, 6.07) is 0.601. The first-order valence-corrected chi connectivity index (χ1v) is 7.34. The molecule has 100 valence electrons. The summed E-state index contributed by atoms with van der Waals surface area (Å²) in [6.45, 7) is 2.11. The Bertz CT molecular complexity index is 387. The summed E-state index contributed by atoms with van der Waals surface area (Å²) >= 11 is 6.17. The number of halogens is 1. The van der Waals surface area contributed by atoms with Gasteiger partial charge < -0.3 is 4.90 Å². The van der Waals surface area contributed by atoms with Crippen LogP contribution in [0.1, 0.15) is 51.0 Å². The number of anilines is 1. The summed E-state index contributed by atoms with van der Waals surface area (Å²) in [5.74, 6) is 1.02. The van der Waals surface area contributed by atoms with Crippen molar-refractivity contribution in [2.45, 2.75) is 57.9 Å². The molecule has 0 radical (unpaired) electrons. The Labute approximate surface area is 115 Å². The highest BCUT2D eigenvalue weighted by atomic mass is 35.5. The van der Waals surface area contributed by atoms with Gasteiger partial charge in [0.15, 0.2) is 0 Å². The zero-order valence-corrected chi connectivity index (χ0v) is 12.1. The lowest BCUT2D eigenvalue weighted by atomic mass is 10.1. The molecule has 1 aliphatic carbocycles. The lowest BCUT2D eigenvalue weighted by Gasteiger charge is -2.29. The van der Waals surface area contributed by atoms with E-state index in [0.717, 1.165) is 17.8 Å². The molecule has 0 saturated heterocycles. The van der Waals surface area contributed by atoms with E-state index in [2.05, 4.69) is 28.8 Å². The molecule has 0 amide bonds. The highest BCUT2D eigenvalue weighted by molar-refractivity contribution is 6.30. The predicted molar refractivity (Wildman–Crippen MR) is 76.3 cm³/mol. The van der Waals surface area contributed by atoms with Crippen molar-refractivity contribution in [1.29, 1.82) is 0 Å². The van der Waals surface area contributed by atoms with Crippen LogP contribution in [0.3, 0.4) is 0 Å². The van der Waals surface area contributed by atoms with Crippen LogP contribution >= 0.6 is 11.6 Å². The lowest BCUT2D eigenvalue weighted by Crippen LogP contribution is -2.32. The van der Waals surface area contributed by atoms with Crippen molar-refractivity contribution >= 4 is 17.4 Å². The van der Waals surface area contributed by atoms with Gasteiger partial charge in [-0.25, -0.2) is 9.97 Å². The van der Waals surface area contributed by atoms with Gasteiger partial charge in [-0.3, -0.25) is 0 Å². The van der Waals surface area contributed by atoms with E-state index in [1.807, 2.05) is 0 Å². The molecule has 1 aliphatic rings. The molecule has 3 nitrogen and oxygen atoms in total. The Kier molecular flexibility index (Phi) is 4.81. The van der Waals surface area contributed by atoms with Crippen molar-refractivity contribution in [3.05, 3.63) is 17.0 Å². The molecular formula is C14H22ClN3. The average molecular weight is 268 g/mol. The molecule has 1 fully saturated rings. The molecule has 0 spiro atoms. The quantitative estimate of drug-likeness (QED) is 0.615. The van der Waals surface area contributed by atoms with Gasteiger partial charge in [-0.15, -0.1) is 0 Å². The second kappa shape index (κ2) is 6.37. The minimum absolute atomic E-state index is 0.600. The van der Waals surface area contributed by atoms with Crippen LogP contribution in [-0.2, 0) is 6.42 Å². The minimum atomic E-state index is 0.600. The topological polar surface area (TPSA) is 29.0 Å². The van der Waals surface area contributed by atoms with Crippen LogP contribution in [0.5, 0.6) is 0 Å². The molecule has 1 aromatic rings. The van der Waals surface area contributed by atoms with Crippen LogP contribution in [0.15, 0.2) is 6.33 Å². The fourth-order valence-corrected chi connectivity index (χ4v) is 3.07. The second-order valence-corrected chi connectivity index (χ2v) is 5.43. The number of hydrogen-bond acceptors (Lipinski definition) is 3. The largest absolute Gasteiger partial charge is 0.356 e. The van der Waals surface area contributed by atoms with E-state index < -0.39 is 0 Å². The van der Waals surface area contributed by atoms with Crippen LogP contribution in [-0.4, -0.2) is 23.1 Å². The van der Waals surface area contributed by atoms with Gasteiger partial charge in [-0.05, 0) is 19.3 Å². The number of nitrogens with zero attached hydrogens (tertiary/aromatic N) is 3. The summed E-state index contributed by atoms with van der Waals surface area (Å²) in [6.07, 6.45) is 10.4. The Morgan fingerprint density at radius 3 is 2.50 bits per heavy atom. The number of hydrogen-bond donors (Lipinski definition) is 0. The van der Waals surface area contributed by atoms with Gasteiger partial charge in [-0.2, -0.15) is 0 Å². The Hall–Kier alpha value is -0.830. The van der Waals surface area contributed by atoms with Crippen molar-refractivity contribution in [2.24, 2.45) is 0 Å². The van der Waals surface area contributed by atoms with E-state index in [0.29, 0.717) is 11.2 Å². The molecule has 0 unspecified atom stereocenters. The van der Waals surface area contributed by atoms with Gasteiger partial charge in [-0.1, -0.05) is 44.2 Å². The standard InChI is InChI=1S/C14H22ClN3/c1-3-12-13(15)16-10-17-14(12)18(2)11-8-6-4-5-7-9-11/h10-11H,3-9H2,1-2H3. The van der Waals surface area contributed by atoms with Crippen LogP contribution in [0, 0.1) is 0 Å². The Morgan fingerprint density at radius 1 is 1.22 bits per heavy atom. The van der Waals surface area contributed by atoms with E-state index in [4.69, 9.17) is 11.6 Å². The van der Waals surface area contributed by atoms with E-state index in [-0.39, 0.29) is 0 Å². The monoisotopic (exact) mass is 267 g/mol. The van der Waals surface area contributed by atoms with Crippen LogP contribution in [0.25, 0.3) is 0 Å². The first-order chi connectivity index (χ1) is 8.74. The lowest BCUT2D eigenvalue weighted by molar-refractivity contribution is 0.547. The summed E-state index contributed by atoms with van der Waals surface area (Å²) < 4.78 is 0. The van der Waals surface area contributed by atoms with Gasteiger partial charge >= 0.3 is 0 Å². The molecule has 4 heteroatoms. The average Bonchev–Trinajstić information content (AvgIpc) is 2.66. The molecule has 1 aromatic heterocycles. The Balaban J connectivity index is 2.21. The fourth-order valence-electron chi connectivity index (χ4n) is 2.81. The maximum atomic E-state index is 6.17. The number of rotatable bonds is 3. The predicted octanol–water partition coefficient (Wildman–Crippen LogP) is 3.85. The zero-order chi connectivity index (χ0) is 13.0. The minimum Gasteiger partial charge on any atom is -0.356 e. The first-order valence-electron chi connectivity index (χ1n) is 6.96. The van der Waals surface area contributed by atoms with Gasteiger partial charge in [0, 0.05) is 18.7 Å². The van der Waals surface area contributed by atoms with E-state index in [9.17, 15) is 0 Å². The molecule has 0 aromatic carbocycles. The number of aromatic nitrogens is 2. The fraction of sp³-hybridized carbons (Fsp3) is 0.714. The van der Waals surface area contributed by atoms with Crippen molar-refractivity contribution < 1.29 is 0 Å². The third kappa shape index (κ3) is 2.94. The maximum absolute atomic E-state index is 6.17. The molecule has 0 aliphatic heterocycles. The first kappa shape index (κ1) is 13.6. The maximum Gasteiger partial charge on any atom is 0.137 e. The normalized spacial score (nSPS) is 17.5. The highest BCUT2D eigenvalue weighted by Gasteiger charge is 2.21. The molecule has 1 saturated carbocycles. The van der Waals surface area contributed by atoms with Gasteiger partial charge in [0.1, 0.15) is 17.3 Å². The van der Waals surface area contributed by atoms with Crippen molar-refractivity contribution in [1.82, 2.24) is 9.97 Å². The molecule has 0 atom stereocenters. The summed E-state index contributed by atoms with van der Waals surface area (Å²) in [4.78, 5) is 10.8. The second-order valence-electron chi connectivity index (χ2n) is 5.08. The SMILES string of the molecule is CCc1c(Cl)ncnc1N(C)C1CCCCCC1. The zero-order valence-electron chi connectivity index (χ0n) is 11.3. The van der Waals surface area contributed by atoms with Crippen LogP contribution in [0.2, 0.25) is 5.15 Å². The highest BCUT2D eigenvalue weighted by Crippen LogP contribution is 2.28. The molecule has 2 rings (SSSR count). The third-order valence-corrected chi connectivity index (χ3v) is 4.26. The van der Waals surface area contributed by atoms with Crippen molar-refractivity contribution in [3.63, 3.8) is 0 Å². The van der Waals surface area contributed by atoms with Gasteiger partial charge in [0.25, 0.3) is 0 Å². The van der Waals surface area contributed by atoms with Crippen molar-refractivity contribution in [3.8, 4) is 0 Å². The summed E-state index contributed by atoms with van der Waals surface area (Å²) in [5.41, 5.74) is 1.07. The Morgan fingerprint density at radius 2 is 1.89 bits per heavy atom. The van der Waals surface area contributed by atoms with E-state index in [1.54, 1.807) is 6.33 Å². The molecule has 18 heavy (non-hydrogen) atoms. The van der Waals surface area contributed by atoms with Gasteiger partial charge in [0.2, 0.25) is 0 Å². The van der Waals surface area contributed by atoms with E-state index in [1.165, 1.54) is 38.5 Å². The third-order valence-electron chi connectivity index (χ3n) is 3.93. The summed E-state index contributed by atoms with van der Waals surface area (Å²) in [7, 11) is 2.15. The molecule has 0 bridgehead atoms.